The maximum Gasteiger partial charge on any atom is 0.250 e. The summed E-state index contributed by atoms with van der Waals surface area (Å²) in [6, 6.07) is 13.9. The average Bonchev–Trinajstić information content (AvgIpc) is 2.49. The van der Waals surface area contributed by atoms with Gasteiger partial charge in [0.05, 0.1) is 0 Å². The first-order valence-electron chi connectivity index (χ1n) is 7.38. The summed E-state index contributed by atoms with van der Waals surface area (Å²) in [5.74, 6) is -0.257. The van der Waals surface area contributed by atoms with Gasteiger partial charge in [-0.3, -0.25) is 10.1 Å². The van der Waals surface area contributed by atoms with Crippen molar-refractivity contribution in [1.29, 1.82) is 0 Å². The van der Waals surface area contributed by atoms with Crippen molar-refractivity contribution in [2.45, 2.75) is 20.8 Å². The number of nitrogens with one attached hydrogen (secondary N) is 2. The second kappa shape index (κ2) is 7.70. The van der Waals surface area contributed by atoms with E-state index in [4.69, 9.17) is 12.2 Å². The van der Waals surface area contributed by atoms with Crippen LogP contribution in [0.2, 0.25) is 0 Å². The summed E-state index contributed by atoms with van der Waals surface area (Å²) >= 11 is 5.18. The van der Waals surface area contributed by atoms with Crippen molar-refractivity contribution in [3.8, 4) is 0 Å². The van der Waals surface area contributed by atoms with Gasteiger partial charge in [-0.05, 0) is 56.3 Å². The third kappa shape index (κ3) is 5.34. The van der Waals surface area contributed by atoms with Gasteiger partial charge >= 0.3 is 0 Å². The summed E-state index contributed by atoms with van der Waals surface area (Å²) in [6.45, 7) is 6.06. The van der Waals surface area contributed by atoms with Gasteiger partial charge < -0.3 is 5.32 Å². The Labute approximate surface area is 142 Å². The van der Waals surface area contributed by atoms with Crippen LogP contribution >= 0.6 is 12.2 Å². The summed E-state index contributed by atoms with van der Waals surface area (Å²) in [5.41, 5.74) is 5.31. The molecule has 0 atom stereocenters. The molecule has 2 rings (SSSR count). The van der Waals surface area contributed by atoms with Crippen LogP contribution in [0.15, 0.2) is 48.5 Å². The van der Waals surface area contributed by atoms with E-state index < -0.39 is 0 Å². The molecule has 2 aromatic rings. The summed E-state index contributed by atoms with van der Waals surface area (Å²) < 4.78 is 0. The first-order chi connectivity index (χ1) is 10.9. The highest BCUT2D eigenvalue weighted by Crippen LogP contribution is 2.15. The fourth-order valence-electron chi connectivity index (χ4n) is 2.11. The third-order valence-electron chi connectivity index (χ3n) is 3.37. The highest BCUT2D eigenvalue weighted by molar-refractivity contribution is 7.80. The zero-order chi connectivity index (χ0) is 16.8. The standard InChI is InChI=1S/C19H20N2OS/c1-13-4-7-16(8-5-13)9-11-18(22)21-19(23)20-17-10-6-14(2)12-15(17)3/h4-12H,1-3H3,(H2,20,21,22,23)/b11-9+. The van der Waals surface area contributed by atoms with E-state index in [1.165, 1.54) is 17.2 Å². The van der Waals surface area contributed by atoms with Gasteiger partial charge in [0, 0.05) is 11.8 Å². The van der Waals surface area contributed by atoms with Crippen LogP contribution in [-0.2, 0) is 4.79 Å². The smallest absolute Gasteiger partial charge is 0.250 e. The van der Waals surface area contributed by atoms with Crippen molar-refractivity contribution in [2.24, 2.45) is 0 Å². The number of anilines is 1. The second-order valence-corrected chi connectivity index (χ2v) is 5.91. The molecule has 0 aromatic heterocycles. The number of aryl methyl sites for hydroxylation is 3. The van der Waals surface area contributed by atoms with E-state index in [0.29, 0.717) is 0 Å². The zero-order valence-corrected chi connectivity index (χ0v) is 14.3. The molecule has 0 bridgehead atoms. The average molecular weight is 324 g/mol. The number of hydrogen-bond acceptors (Lipinski definition) is 2. The minimum Gasteiger partial charge on any atom is -0.332 e. The molecule has 0 fully saturated rings. The first kappa shape index (κ1) is 16.9. The molecule has 118 valence electrons. The lowest BCUT2D eigenvalue weighted by atomic mass is 10.1. The maximum atomic E-state index is 11.9. The lowest BCUT2D eigenvalue weighted by molar-refractivity contribution is -0.115. The molecule has 1 amide bonds. The number of hydrogen-bond donors (Lipinski definition) is 2. The molecule has 0 saturated carbocycles. The Morgan fingerprint density at radius 3 is 2.30 bits per heavy atom. The largest absolute Gasteiger partial charge is 0.332 e. The number of rotatable bonds is 3. The molecular weight excluding hydrogens is 304 g/mol. The van der Waals surface area contributed by atoms with Crippen molar-refractivity contribution >= 4 is 35.0 Å². The highest BCUT2D eigenvalue weighted by atomic mass is 32.1. The number of carbonyl (C=O) groups is 1. The minimum absolute atomic E-state index is 0.257. The van der Waals surface area contributed by atoms with Crippen LogP contribution in [0.4, 0.5) is 5.69 Å². The number of carbonyl (C=O) groups excluding carboxylic acids is 1. The Bertz CT molecular complexity index is 748. The normalized spacial score (nSPS) is 10.6. The van der Waals surface area contributed by atoms with Gasteiger partial charge in [-0.15, -0.1) is 0 Å². The SMILES string of the molecule is Cc1ccc(/C=C/C(=O)NC(=S)Nc2ccc(C)cc2C)cc1. The summed E-state index contributed by atoms with van der Waals surface area (Å²) in [4.78, 5) is 11.9. The van der Waals surface area contributed by atoms with Crippen molar-refractivity contribution in [1.82, 2.24) is 5.32 Å². The molecule has 0 aliphatic carbocycles. The number of amides is 1. The molecule has 0 heterocycles. The van der Waals surface area contributed by atoms with Gasteiger partial charge in [0.2, 0.25) is 5.91 Å². The Hall–Kier alpha value is -2.46. The van der Waals surface area contributed by atoms with Crippen LogP contribution in [-0.4, -0.2) is 11.0 Å². The van der Waals surface area contributed by atoms with Gasteiger partial charge in [-0.2, -0.15) is 0 Å². The van der Waals surface area contributed by atoms with Gasteiger partial charge in [0.25, 0.3) is 0 Å². The fraction of sp³-hybridized carbons (Fsp3) is 0.158. The monoisotopic (exact) mass is 324 g/mol. The molecule has 0 spiro atoms. The predicted octanol–water partition coefficient (Wildman–Crippen LogP) is 4.14. The highest BCUT2D eigenvalue weighted by Gasteiger charge is 2.04. The minimum atomic E-state index is -0.257. The molecule has 0 unspecified atom stereocenters. The van der Waals surface area contributed by atoms with Crippen LogP contribution in [0.5, 0.6) is 0 Å². The van der Waals surface area contributed by atoms with Crippen LogP contribution in [0, 0.1) is 20.8 Å². The van der Waals surface area contributed by atoms with Gasteiger partial charge in [0.15, 0.2) is 5.11 Å². The molecule has 0 aliphatic rings. The topological polar surface area (TPSA) is 41.1 Å². The molecule has 4 heteroatoms. The van der Waals surface area contributed by atoms with E-state index in [1.807, 2.05) is 57.2 Å². The summed E-state index contributed by atoms with van der Waals surface area (Å²) in [7, 11) is 0. The first-order valence-corrected chi connectivity index (χ1v) is 7.79. The van der Waals surface area contributed by atoms with Gasteiger partial charge in [-0.1, -0.05) is 47.5 Å². The molecule has 0 saturated heterocycles. The Balaban J connectivity index is 1.91. The molecule has 23 heavy (non-hydrogen) atoms. The van der Waals surface area contributed by atoms with E-state index in [0.717, 1.165) is 16.8 Å². The van der Waals surface area contributed by atoms with Crippen molar-refractivity contribution in [2.75, 3.05) is 5.32 Å². The van der Waals surface area contributed by atoms with Gasteiger partial charge in [0.1, 0.15) is 0 Å². The lowest BCUT2D eigenvalue weighted by Crippen LogP contribution is -2.33. The molecular formula is C19H20N2OS. The molecule has 3 nitrogen and oxygen atoms in total. The maximum absolute atomic E-state index is 11.9. The fourth-order valence-corrected chi connectivity index (χ4v) is 2.32. The zero-order valence-electron chi connectivity index (χ0n) is 13.5. The molecule has 2 N–H and O–H groups in total. The van der Waals surface area contributed by atoms with Crippen molar-refractivity contribution < 1.29 is 4.79 Å². The van der Waals surface area contributed by atoms with E-state index in [-0.39, 0.29) is 11.0 Å². The number of benzene rings is 2. The van der Waals surface area contributed by atoms with Crippen molar-refractivity contribution in [3.05, 3.63) is 70.8 Å². The molecule has 2 aromatic carbocycles. The van der Waals surface area contributed by atoms with Crippen LogP contribution in [0.3, 0.4) is 0 Å². The quantitative estimate of drug-likeness (QED) is 0.658. The lowest BCUT2D eigenvalue weighted by Gasteiger charge is -2.11. The predicted molar refractivity (Wildman–Crippen MR) is 100 cm³/mol. The Morgan fingerprint density at radius 1 is 1.00 bits per heavy atom. The van der Waals surface area contributed by atoms with E-state index in [1.54, 1.807) is 6.08 Å². The molecule has 0 aliphatic heterocycles. The Kier molecular flexibility index (Phi) is 5.66. The van der Waals surface area contributed by atoms with Crippen LogP contribution in [0.1, 0.15) is 22.3 Å². The molecule has 0 radical (unpaired) electrons. The van der Waals surface area contributed by atoms with Crippen molar-refractivity contribution in [3.63, 3.8) is 0 Å². The second-order valence-electron chi connectivity index (χ2n) is 5.51. The van der Waals surface area contributed by atoms with Crippen LogP contribution < -0.4 is 10.6 Å². The van der Waals surface area contributed by atoms with E-state index in [9.17, 15) is 4.79 Å². The van der Waals surface area contributed by atoms with Gasteiger partial charge in [-0.25, -0.2) is 0 Å². The summed E-state index contributed by atoms with van der Waals surface area (Å²) in [6.07, 6.45) is 3.23. The Morgan fingerprint density at radius 2 is 1.65 bits per heavy atom. The van der Waals surface area contributed by atoms with E-state index in [2.05, 4.69) is 16.7 Å². The van der Waals surface area contributed by atoms with Crippen LogP contribution in [0.25, 0.3) is 6.08 Å². The summed E-state index contributed by atoms with van der Waals surface area (Å²) in [5, 5.41) is 5.97. The van der Waals surface area contributed by atoms with E-state index >= 15 is 0 Å². The number of thiocarbonyl (C=S) groups is 1. The third-order valence-corrected chi connectivity index (χ3v) is 3.58.